The fourth-order valence-electron chi connectivity index (χ4n) is 3.11. The number of aromatic nitrogens is 1. The third-order valence-electron chi connectivity index (χ3n) is 4.62. The smallest absolute Gasteiger partial charge is 0.231 e. The molecule has 4 aromatic rings. The number of halogens is 1. The van der Waals surface area contributed by atoms with Gasteiger partial charge in [-0.3, -0.25) is 10.1 Å². The van der Waals surface area contributed by atoms with Crippen molar-refractivity contribution < 1.29 is 14.3 Å². The van der Waals surface area contributed by atoms with Crippen LogP contribution in [0.1, 0.15) is 11.1 Å². The molecule has 150 valence electrons. The maximum absolute atomic E-state index is 12.7. The van der Waals surface area contributed by atoms with Crippen molar-refractivity contribution in [3.05, 3.63) is 88.9 Å². The lowest BCUT2D eigenvalue weighted by atomic mass is 10.1. The van der Waals surface area contributed by atoms with Gasteiger partial charge >= 0.3 is 0 Å². The summed E-state index contributed by atoms with van der Waals surface area (Å²) >= 11 is 6.36. The molecule has 0 spiro atoms. The molecule has 2 N–H and O–H groups in total. The number of rotatable bonds is 5. The molecular formula is C24H19ClN2O3. The molecule has 0 radical (unpaired) electrons. The van der Waals surface area contributed by atoms with Crippen LogP contribution in [0.15, 0.2) is 77.2 Å². The Hall–Kier alpha value is -3.57. The normalized spacial score (nSPS) is 10.7. The summed E-state index contributed by atoms with van der Waals surface area (Å²) in [6.07, 6.45) is -0.00452. The van der Waals surface area contributed by atoms with E-state index in [1.54, 1.807) is 18.2 Å². The zero-order valence-corrected chi connectivity index (χ0v) is 17.0. The highest BCUT2D eigenvalue weighted by Crippen LogP contribution is 2.36. The molecule has 0 fully saturated rings. The second-order valence-electron chi connectivity index (χ2n) is 6.90. The van der Waals surface area contributed by atoms with Crippen molar-refractivity contribution in [3.8, 4) is 28.5 Å². The molecule has 0 unspecified atom stereocenters. The predicted octanol–water partition coefficient (Wildman–Crippen LogP) is 5.86. The van der Waals surface area contributed by atoms with Crippen molar-refractivity contribution in [3.63, 3.8) is 0 Å². The van der Waals surface area contributed by atoms with E-state index in [0.29, 0.717) is 27.7 Å². The number of aromatic hydroxyl groups is 1. The zero-order valence-electron chi connectivity index (χ0n) is 16.2. The van der Waals surface area contributed by atoms with Gasteiger partial charge in [-0.15, -0.1) is 0 Å². The van der Waals surface area contributed by atoms with Crippen LogP contribution in [0, 0.1) is 6.92 Å². The molecule has 6 heteroatoms. The van der Waals surface area contributed by atoms with Crippen molar-refractivity contribution in [2.45, 2.75) is 13.3 Å². The number of nitrogens with zero attached hydrogens (tertiary/aromatic N) is 1. The van der Waals surface area contributed by atoms with E-state index in [9.17, 15) is 9.90 Å². The number of aryl methyl sites for hydroxylation is 1. The van der Waals surface area contributed by atoms with Gasteiger partial charge in [0.15, 0.2) is 0 Å². The summed E-state index contributed by atoms with van der Waals surface area (Å²) in [5, 5.41) is 13.4. The molecule has 0 saturated carbocycles. The number of nitrogens with one attached hydrogen (secondary N) is 1. The second kappa shape index (κ2) is 8.43. The number of benzene rings is 3. The number of carbonyl (C=O) groups is 1. The van der Waals surface area contributed by atoms with E-state index in [1.807, 2.05) is 61.5 Å². The Labute approximate surface area is 179 Å². The molecule has 0 atom stereocenters. The quantitative estimate of drug-likeness (QED) is 0.425. The van der Waals surface area contributed by atoms with Crippen molar-refractivity contribution in [1.82, 2.24) is 4.98 Å². The van der Waals surface area contributed by atoms with Gasteiger partial charge < -0.3 is 9.52 Å². The molecule has 0 bridgehead atoms. The van der Waals surface area contributed by atoms with Crippen LogP contribution in [0.25, 0.3) is 22.7 Å². The molecule has 1 heterocycles. The van der Waals surface area contributed by atoms with E-state index in [2.05, 4.69) is 10.3 Å². The molecule has 0 saturated heterocycles. The van der Waals surface area contributed by atoms with Gasteiger partial charge in [0.25, 0.3) is 0 Å². The van der Waals surface area contributed by atoms with Crippen LogP contribution in [0.2, 0.25) is 5.02 Å². The van der Waals surface area contributed by atoms with E-state index in [0.717, 1.165) is 11.1 Å². The summed E-state index contributed by atoms with van der Waals surface area (Å²) in [4.78, 5) is 17.3. The van der Waals surface area contributed by atoms with E-state index in [4.69, 9.17) is 16.0 Å². The largest absolute Gasteiger partial charge is 0.508 e. The SMILES string of the molecule is Cc1ccc(CC(=O)Nc2oc(-c3ccccc3)nc2-c2ccccc2Cl)c(O)c1. The monoisotopic (exact) mass is 418 g/mol. The minimum absolute atomic E-state index is 0.00452. The standard InChI is InChI=1S/C24H19ClN2O3/c1-15-11-12-17(20(28)13-15)14-21(29)26-24-22(18-9-5-6-10-19(18)25)27-23(30-24)16-7-3-2-4-8-16/h2-13,28H,14H2,1H3,(H,26,29). The lowest BCUT2D eigenvalue weighted by molar-refractivity contribution is -0.115. The summed E-state index contributed by atoms with van der Waals surface area (Å²) in [7, 11) is 0. The average molecular weight is 419 g/mol. The van der Waals surface area contributed by atoms with Crippen LogP contribution in [-0.4, -0.2) is 16.0 Å². The summed E-state index contributed by atoms with van der Waals surface area (Å²) < 4.78 is 5.90. The topological polar surface area (TPSA) is 75.4 Å². The van der Waals surface area contributed by atoms with Crippen LogP contribution in [-0.2, 0) is 11.2 Å². The van der Waals surface area contributed by atoms with Gasteiger partial charge in [-0.1, -0.05) is 60.1 Å². The number of phenols is 1. The summed E-state index contributed by atoms with van der Waals surface area (Å²) in [6, 6.07) is 21.8. The molecule has 1 aromatic heterocycles. The Balaban J connectivity index is 1.68. The predicted molar refractivity (Wildman–Crippen MR) is 118 cm³/mol. The van der Waals surface area contributed by atoms with Gasteiger partial charge in [-0.2, -0.15) is 0 Å². The highest BCUT2D eigenvalue weighted by molar-refractivity contribution is 6.33. The molecule has 4 rings (SSSR count). The first-order valence-electron chi connectivity index (χ1n) is 9.41. The van der Waals surface area contributed by atoms with Gasteiger partial charge in [0.2, 0.25) is 17.7 Å². The first kappa shape index (κ1) is 19.7. The fraction of sp³-hybridized carbons (Fsp3) is 0.0833. The summed E-state index contributed by atoms with van der Waals surface area (Å²) in [5.41, 5.74) is 3.32. The van der Waals surface area contributed by atoms with Crippen LogP contribution < -0.4 is 5.32 Å². The minimum Gasteiger partial charge on any atom is -0.508 e. The van der Waals surface area contributed by atoms with Gasteiger partial charge in [0.1, 0.15) is 11.4 Å². The Morgan fingerprint density at radius 2 is 1.80 bits per heavy atom. The molecule has 30 heavy (non-hydrogen) atoms. The minimum atomic E-state index is -0.335. The highest BCUT2D eigenvalue weighted by Gasteiger charge is 2.20. The number of amides is 1. The molecule has 1 amide bonds. The number of hydrogen-bond acceptors (Lipinski definition) is 4. The van der Waals surface area contributed by atoms with Crippen molar-refractivity contribution in [1.29, 1.82) is 0 Å². The fourth-order valence-corrected chi connectivity index (χ4v) is 3.34. The maximum Gasteiger partial charge on any atom is 0.231 e. The van der Waals surface area contributed by atoms with Gasteiger partial charge in [0.05, 0.1) is 11.4 Å². The number of phenolic OH excluding ortho intramolecular Hbond substituents is 1. The molecule has 3 aromatic carbocycles. The number of hydrogen-bond donors (Lipinski definition) is 2. The van der Waals surface area contributed by atoms with E-state index in [-0.39, 0.29) is 24.0 Å². The van der Waals surface area contributed by atoms with Crippen LogP contribution in [0.3, 0.4) is 0 Å². The Bertz CT molecular complexity index is 1200. The number of carbonyl (C=O) groups excluding carboxylic acids is 1. The Morgan fingerprint density at radius 3 is 2.53 bits per heavy atom. The Kier molecular flexibility index (Phi) is 5.55. The van der Waals surface area contributed by atoms with E-state index in [1.165, 1.54) is 0 Å². The molecule has 0 aliphatic rings. The van der Waals surface area contributed by atoms with Crippen LogP contribution in [0.5, 0.6) is 5.75 Å². The van der Waals surface area contributed by atoms with Crippen molar-refractivity contribution >= 4 is 23.4 Å². The van der Waals surface area contributed by atoms with Crippen molar-refractivity contribution in [2.75, 3.05) is 5.32 Å². The van der Waals surface area contributed by atoms with Gasteiger partial charge in [0, 0.05) is 16.7 Å². The molecule has 0 aliphatic heterocycles. The average Bonchev–Trinajstić information content (AvgIpc) is 3.14. The maximum atomic E-state index is 12.7. The first-order chi connectivity index (χ1) is 14.5. The van der Waals surface area contributed by atoms with Gasteiger partial charge in [-0.25, -0.2) is 4.98 Å². The lowest BCUT2D eigenvalue weighted by Crippen LogP contribution is -2.14. The molecular weight excluding hydrogens is 400 g/mol. The van der Waals surface area contributed by atoms with E-state index >= 15 is 0 Å². The number of oxazole rings is 1. The molecule has 0 aliphatic carbocycles. The molecule has 5 nitrogen and oxygen atoms in total. The lowest BCUT2D eigenvalue weighted by Gasteiger charge is -2.07. The number of anilines is 1. The van der Waals surface area contributed by atoms with Crippen LogP contribution in [0.4, 0.5) is 5.88 Å². The third kappa shape index (κ3) is 4.21. The first-order valence-corrected chi connectivity index (χ1v) is 9.78. The van der Waals surface area contributed by atoms with Crippen LogP contribution >= 0.6 is 11.6 Å². The van der Waals surface area contributed by atoms with Gasteiger partial charge in [-0.05, 0) is 36.8 Å². The van der Waals surface area contributed by atoms with E-state index < -0.39 is 0 Å². The summed E-state index contributed by atoms with van der Waals surface area (Å²) in [6.45, 7) is 1.87. The van der Waals surface area contributed by atoms with Crippen molar-refractivity contribution in [2.24, 2.45) is 0 Å². The second-order valence-corrected chi connectivity index (χ2v) is 7.31. The Morgan fingerprint density at radius 1 is 1.07 bits per heavy atom. The zero-order chi connectivity index (χ0) is 21.1. The highest BCUT2D eigenvalue weighted by atomic mass is 35.5. The summed E-state index contributed by atoms with van der Waals surface area (Å²) in [5.74, 6) is 0.329. The third-order valence-corrected chi connectivity index (χ3v) is 4.95.